The molecule has 2 aliphatic rings. The lowest BCUT2D eigenvalue weighted by molar-refractivity contribution is 0.120. The van der Waals surface area contributed by atoms with Crippen molar-refractivity contribution in [1.82, 2.24) is 15.0 Å². The first kappa shape index (κ1) is 14.3. The zero-order chi connectivity index (χ0) is 14.5. The van der Waals surface area contributed by atoms with Crippen LogP contribution in [0.4, 0.5) is 17.8 Å². The standard InChI is InChI=1S/C14H24N6O/c1-15-12-17-13(16-10-11-6-5-9-21-11)19-14(18-12)20-7-3-2-4-8-20/h11H,2-10H2,1H3,(H2,15,16,17,18,19). The topological polar surface area (TPSA) is 75.2 Å². The molecule has 7 nitrogen and oxygen atoms in total. The van der Waals surface area contributed by atoms with Gasteiger partial charge in [0, 0.05) is 33.3 Å². The number of hydrogen-bond donors (Lipinski definition) is 2. The number of rotatable bonds is 5. The summed E-state index contributed by atoms with van der Waals surface area (Å²) in [5.41, 5.74) is 0. The Morgan fingerprint density at radius 2 is 1.90 bits per heavy atom. The second kappa shape index (κ2) is 6.89. The third-order valence-electron chi connectivity index (χ3n) is 4.00. The van der Waals surface area contributed by atoms with Crippen LogP contribution in [0.3, 0.4) is 0 Å². The summed E-state index contributed by atoms with van der Waals surface area (Å²) in [6, 6.07) is 0. The van der Waals surface area contributed by atoms with Crippen molar-refractivity contribution in [3.8, 4) is 0 Å². The zero-order valence-electron chi connectivity index (χ0n) is 12.6. The maximum Gasteiger partial charge on any atom is 0.231 e. The van der Waals surface area contributed by atoms with Crippen molar-refractivity contribution in [1.29, 1.82) is 0 Å². The van der Waals surface area contributed by atoms with Crippen LogP contribution < -0.4 is 15.5 Å². The van der Waals surface area contributed by atoms with E-state index in [2.05, 4.69) is 30.5 Å². The molecular formula is C14H24N6O. The Balaban J connectivity index is 1.69. The van der Waals surface area contributed by atoms with E-state index in [4.69, 9.17) is 4.74 Å². The molecule has 116 valence electrons. The van der Waals surface area contributed by atoms with Crippen molar-refractivity contribution >= 4 is 17.8 Å². The molecule has 1 atom stereocenters. The SMILES string of the molecule is CNc1nc(NCC2CCCO2)nc(N2CCCCC2)n1. The number of hydrogen-bond acceptors (Lipinski definition) is 7. The van der Waals surface area contributed by atoms with Crippen molar-refractivity contribution in [2.24, 2.45) is 0 Å². The summed E-state index contributed by atoms with van der Waals surface area (Å²) in [5, 5.41) is 6.30. The predicted molar refractivity (Wildman–Crippen MR) is 82.9 cm³/mol. The summed E-state index contributed by atoms with van der Waals surface area (Å²) >= 11 is 0. The van der Waals surface area contributed by atoms with Crippen LogP contribution in [0.15, 0.2) is 0 Å². The second-order valence-electron chi connectivity index (χ2n) is 5.60. The summed E-state index contributed by atoms with van der Waals surface area (Å²) in [6.07, 6.45) is 6.24. The third kappa shape index (κ3) is 3.72. The molecule has 0 bridgehead atoms. The van der Waals surface area contributed by atoms with Gasteiger partial charge in [-0.25, -0.2) is 0 Å². The highest BCUT2D eigenvalue weighted by molar-refractivity contribution is 5.43. The van der Waals surface area contributed by atoms with E-state index in [9.17, 15) is 0 Å². The molecule has 0 aromatic carbocycles. The lowest BCUT2D eigenvalue weighted by Crippen LogP contribution is -2.31. The summed E-state index contributed by atoms with van der Waals surface area (Å²) in [4.78, 5) is 15.7. The van der Waals surface area contributed by atoms with Crippen molar-refractivity contribution < 1.29 is 4.74 Å². The Morgan fingerprint density at radius 1 is 1.10 bits per heavy atom. The fraction of sp³-hybridized carbons (Fsp3) is 0.786. The summed E-state index contributed by atoms with van der Waals surface area (Å²) in [6.45, 7) is 3.67. The number of piperidine rings is 1. The van der Waals surface area contributed by atoms with Crippen LogP contribution in [0, 0.1) is 0 Å². The van der Waals surface area contributed by atoms with E-state index in [1.165, 1.54) is 19.3 Å². The molecular weight excluding hydrogens is 268 g/mol. The Kier molecular flexibility index (Phi) is 4.69. The number of anilines is 3. The van der Waals surface area contributed by atoms with Gasteiger partial charge in [-0.2, -0.15) is 15.0 Å². The third-order valence-corrected chi connectivity index (χ3v) is 4.00. The van der Waals surface area contributed by atoms with Gasteiger partial charge in [0.25, 0.3) is 0 Å². The van der Waals surface area contributed by atoms with Crippen molar-refractivity contribution in [2.45, 2.75) is 38.2 Å². The molecule has 21 heavy (non-hydrogen) atoms. The highest BCUT2D eigenvalue weighted by Crippen LogP contribution is 2.19. The minimum absolute atomic E-state index is 0.276. The van der Waals surface area contributed by atoms with Gasteiger partial charge < -0.3 is 20.3 Å². The Hall–Kier alpha value is -1.63. The number of nitrogens with zero attached hydrogens (tertiary/aromatic N) is 4. The van der Waals surface area contributed by atoms with E-state index in [-0.39, 0.29) is 6.10 Å². The molecule has 2 saturated heterocycles. The average Bonchev–Trinajstić information content (AvgIpc) is 3.07. The molecule has 3 rings (SSSR count). The fourth-order valence-electron chi connectivity index (χ4n) is 2.80. The van der Waals surface area contributed by atoms with Gasteiger partial charge in [0.15, 0.2) is 0 Å². The molecule has 2 aliphatic heterocycles. The van der Waals surface area contributed by atoms with Crippen LogP contribution in [0.25, 0.3) is 0 Å². The molecule has 2 N–H and O–H groups in total. The molecule has 0 aliphatic carbocycles. The van der Waals surface area contributed by atoms with Crippen molar-refractivity contribution in [2.75, 3.05) is 48.8 Å². The molecule has 0 saturated carbocycles. The highest BCUT2D eigenvalue weighted by Gasteiger charge is 2.18. The monoisotopic (exact) mass is 292 g/mol. The van der Waals surface area contributed by atoms with Crippen LogP contribution in [-0.4, -0.2) is 54.3 Å². The summed E-state index contributed by atoms with van der Waals surface area (Å²) in [7, 11) is 1.83. The van der Waals surface area contributed by atoms with Crippen LogP contribution in [0.2, 0.25) is 0 Å². The number of aromatic nitrogens is 3. The predicted octanol–water partition coefficient (Wildman–Crippen LogP) is 1.49. The van der Waals surface area contributed by atoms with Gasteiger partial charge in [-0.3, -0.25) is 0 Å². The van der Waals surface area contributed by atoms with Crippen LogP contribution in [0.1, 0.15) is 32.1 Å². The lowest BCUT2D eigenvalue weighted by atomic mass is 10.1. The second-order valence-corrected chi connectivity index (χ2v) is 5.60. The minimum Gasteiger partial charge on any atom is -0.376 e. The maximum absolute atomic E-state index is 5.62. The Labute approximate surface area is 125 Å². The average molecular weight is 292 g/mol. The van der Waals surface area contributed by atoms with Crippen molar-refractivity contribution in [3.63, 3.8) is 0 Å². The van der Waals surface area contributed by atoms with Crippen LogP contribution >= 0.6 is 0 Å². The lowest BCUT2D eigenvalue weighted by Gasteiger charge is -2.27. The zero-order valence-corrected chi connectivity index (χ0v) is 12.6. The summed E-state index contributed by atoms with van der Waals surface area (Å²) in [5.74, 6) is 2.01. The Bertz CT molecular complexity index is 457. The fourth-order valence-corrected chi connectivity index (χ4v) is 2.80. The molecule has 1 aromatic rings. The Morgan fingerprint density at radius 3 is 2.62 bits per heavy atom. The van der Waals surface area contributed by atoms with Crippen molar-refractivity contribution in [3.05, 3.63) is 0 Å². The molecule has 1 unspecified atom stereocenters. The number of nitrogens with one attached hydrogen (secondary N) is 2. The van der Waals surface area contributed by atoms with Crippen LogP contribution in [0.5, 0.6) is 0 Å². The van der Waals surface area contributed by atoms with Gasteiger partial charge in [0.2, 0.25) is 17.8 Å². The smallest absolute Gasteiger partial charge is 0.231 e. The summed E-state index contributed by atoms with van der Waals surface area (Å²) < 4.78 is 5.62. The highest BCUT2D eigenvalue weighted by atomic mass is 16.5. The largest absolute Gasteiger partial charge is 0.376 e. The van der Waals surface area contributed by atoms with Crippen LogP contribution in [-0.2, 0) is 4.74 Å². The maximum atomic E-state index is 5.62. The normalized spacial score (nSPS) is 22.3. The molecule has 2 fully saturated rings. The van der Waals surface area contributed by atoms with Gasteiger partial charge >= 0.3 is 0 Å². The van der Waals surface area contributed by atoms with Gasteiger partial charge in [-0.1, -0.05) is 0 Å². The van der Waals surface area contributed by atoms with E-state index >= 15 is 0 Å². The molecule has 3 heterocycles. The van der Waals surface area contributed by atoms with E-state index in [1.54, 1.807) is 0 Å². The van der Waals surface area contributed by atoms with Gasteiger partial charge in [0.05, 0.1) is 6.10 Å². The van der Waals surface area contributed by atoms with E-state index < -0.39 is 0 Å². The molecule has 0 radical (unpaired) electrons. The quantitative estimate of drug-likeness (QED) is 0.851. The molecule has 7 heteroatoms. The first-order valence-corrected chi connectivity index (χ1v) is 7.89. The van der Waals surface area contributed by atoms with Gasteiger partial charge in [0.1, 0.15) is 0 Å². The van der Waals surface area contributed by atoms with Gasteiger partial charge in [-0.05, 0) is 32.1 Å². The minimum atomic E-state index is 0.276. The first-order valence-electron chi connectivity index (χ1n) is 7.89. The van der Waals surface area contributed by atoms with E-state index in [1.807, 2.05) is 7.05 Å². The first-order chi connectivity index (χ1) is 10.3. The molecule has 0 spiro atoms. The van der Waals surface area contributed by atoms with E-state index in [0.29, 0.717) is 11.9 Å². The van der Waals surface area contributed by atoms with Gasteiger partial charge in [-0.15, -0.1) is 0 Å². The molecule has 1 aromatic heterocycles. The molecule has 0 amide bonds. The number of ether oxygens (including phenoxy) is 1. The van der Waals surface area contributed by atoms with E-state index in [0.717, 1.165) is 45.0 Å².